The highest BCUT2D eigenvalue weighted by Gasteiger charge is 2.31. The Morgan fingerprint density at radius 3 is 2.71 bits per heavy atom. The van der Waals surface area contributed by atoms with Crippen molar-refractivity contribution in [3.8, 4) is 5.75 Å². The molecule has 0 saturated heterocycles. The van der Waals surface area contributed by atoms with Crippen molar-refractivity contribution in [1.29, 1.82) is 0 Å². The van der Waals surface area contributed by atoms with Crippen molar-refractivity contribution >= 4 is 61.4 Å². The highest BCUT2D eigenvalue weighted by molar-refractivity contribution is 7.24. The van der Waals surface area contributed by atoms with Gasteiger partial charge in [-0.25, -0.2) is 0 Å². The first-order chi connectivity index (χ1) is 11.4. The van der Waals surface area contributed by atoms with E-state index in [0.29, 0.717) is 15.1 Å². The van der Waals surface area contributed by atoms with Crippen LogP contribution in [0.25, 0.3) is 10.1 Å². The van der Waals surface area contributed by atoms with Gasteiger partial charge < -0.3 is 20.9 Å². The van der Waals surface area contributed by atoms with Gasteiger partial charge in [0.2, 0.25) is 5.91 Å². The van der Waals surface area contributed by atoms with Crippen LogP contribution in [0.15, 0.2) is 6.07 Å². The van der Waals surface area contributed by atoms with Gasteiger partial charge in [-0.2, -0.15) is 0 Å². The highest BCUT2D eigenvalue weighted by Crippen LogP contribution is 2.47. The molecule has 2 aromatic rings. The van der Waals surface area contributed by atoms with Gasteiger partial charge in [-0.15, -0.1) is 11.3 Å². The van der Waals surface area contributed by atoms with Crippen molar-refractivity contribution in [3.63, 3.8) is 0 Å². The Kier molecular flexibility index (Phi) is 4.87. The van der Waals surface area contributed by atoms with Gasteiger partial charge in [0, 0.05) is 11.3 Å². The topological polar surface area (TPSA) is 102 Å². The molecule has 0 unspecified atom stereocenters. The third-order valence-electron chi connectivity index (χ3n) is 3.60. The number of amides is 2. The van der Waals surface area contributed by atoms with Gasteiger partial charge in [0.15, 0.2) is 5.75 Å². The second kappa shape index (κ2) is 6.76. The van der Waals surface area contributed by atoms with Gasteiger partial charge >= 0.3 is 0 Å². The van der Waals surface area contributed by atoms with Gasteiger partial charge in [0.05, 0.1) is 21.9 Å². The van der Waals surface area contributed by atoms with Crippen molar-refractivity contribution in [3.05, 3.63) is 21.7 Å². The van der Waals surface area contributed by atoms with Crippen LogP contribution in [-0.2, 0) is 4.79 Å². The van der Waals surface area contributed by atoms with Crippen molar-refractivity contribution in [2.24, 2.45) is 11.7 Å². The molecular weight excluding hydrogens is 375 g/mol. The highest BCUT2D eigenvalue weighted by atomic mass is 35.5. The molecule has 6 nitrogen and oxygen atoms in total. The number of carbonyl (C=O) groups excluding carboxylic acids is 2. The molecule has 2 amide bonds. The molecule has 1 aliphatic rings. The van der Waals surface area contributed by atoms with Crippen LogP contribution >= 0.6 is 34.5 Å². The lowest BCUT2D eigenvalue weighted by Crippen LogP contribution is -2.17. The molecule has 9 heteroatoms. The van der Waals surface area contributed by atoms with Crippen LogP contribution in [0.4, 0.5) is 5.00 Å². The van der Waals surface area contributed by atoms with E-state index in [-0.39, 0.29) is 46.4 Å². The summed E-state index contributed by atoms with van der Waals surface area (Å²) in [6.07, 6.45) is 1.68. The third-order valence-corrected chi connectivity index (χ3v) is 5.49. The van der Waals surface area contributed by atoms with E-state index in [1.54, 1.807) is 0 Å². The Bertz CT molecular complexity index is 833. The number of hydrogen-bond donors (Lipinski definition) is 3. The van der Waals surface area contributed by atoms with Crippen LogP contribution in [0.2, 0.25) is 10.0 Å². The van der Waals surface area contributed by atoms with E-state index in [4.69, 9.17) is 38.8 Å². The number of nitrogens with one attached hydrogen (secondary N) is 1. The number of rotatable bonds is 6. The minimum absolute atomic E-state index is 0.0153. The zero-order valence-corrected chi connectivity index (χ0v) is 14.7. The Morgan fingerprint density at radius 1 is 1.42 bits per heavy atom. The van der Waals surface area contributed by atoms with Crippen molar-refractivity contribution in [2.45, 2.75) is 12.8 Å². The fraction of sp³-hybridized carbons (Fsp3) is 0.333. The summed E-state index contributed by atoms with van der Waals surface area (Å²) in [5.74, 6) is -0.609. The number of carbonyl (C=O) groups is 2. The number of hydrogen-bond acceptors (Lipinski definition) is 5. The molecule has 1 aliphatic carbocycles. The van der Waals surface area contributed by atoms with Crippen LogP contribution in [0, 0.1) is 5.92 Å². The van der Waals surface area contributed by atoms with Gasteiger partial charge in [-0.1, -0.05) is 23.2 Å². The number of benzene rings is 1. The normalized spacial score (nSPS) is 14.0. The Morgan fingerprint density at radius 2 is 2.12 bits per heavy atom. The number of thiophene rings is 1. The third kappa shape index (κ3) is 3.17. The molecule has 0 radical (unpaired) electrons. The Labute approximate surface area is 151 Å². The van der Waals surface area contributed by atoms with Crippen LogP contribution in [0.5, 0.6) is 5.75 Å². The van der Waals surface area contributed by atoms with Crippen molar-refractivity contribution < 1.29 is 19.4 Å². The first-order valence-corrected chi connectivity index (χ1v) is 8.80. The fourth-order valence-electron chi connectivity index (χ4n) is 2.32. The lowest BCUT2D eigenvalue weighted by atomic mass is 10.1. The molecule has 1 fully saturated rings. The molecular formula is C15H14Cl2N2O4S. The molecule has 24 heavy (non-hydrogen) atoms. The fourth-order valence-corrected chi connectivity index (χ4v) is 4.12. The quantitative estimate of drug-likeness (QED) is 0.707. The summed E-state index contributed by atoms with van der Waals surface area (Å²) in [6, 6.07) is 1.53. The van der Waals surface area contributed by atoms with E-state index in [2.05, 4.69) is 5.32 Å². The van der Waals surface area contributed by atoms with Gasteiger partial charge in [0.1, 0.15) is 16.6 Å². The number of fused-ring (bicyclic) bond motifs is 1. The number of ether oxygens (including phenoxy) is 1. The number of halogens is 2. The number of aliphatic hydroxyl groups excluding tert-OH is 1. The lowest BCUT2D eigenvalue weighted by Gasteiger charge is -2.09. The minimum atomic E-state index is -0.677. The number of primary amides is 1. The molecule has 1 aromatic carbocycles. The second-order valence-electron chi connectivity index (χ2n) is 5.38. The average molecular weight is 389 g/mol. The van der Waals surface area contributed by atoms with E-state index in [0.717, 1.165) is 24.2 Å². The maximum absolute atomic E-state index is 12.0. The zero-order chi connectivity index (χ0) is 17.4. The standard InChI is InChI=1S/C15H14Cl2N2O4S/c16-8-5-7-9(13(18)21)15(19-14(22)6-1-2-6)24-12(7)10(17)11(8)23-4-3-20/h5-6,20H,1-4H2,(H2,18,21)(H,19,22). The molecule has 4 N–H and O–H groups in total. The van der Waals surface area contributed by atoms with Gasteiger partial charge in [-0.3, -0.25) is 9.59 Å². The summed E-state index contributed by atoms with van der Waals surface area (Å²) in [6.45, 7) is -0.158. The average Bonchev–Trinajstić information content (AvgIpc) is 3.30. The molecule has 0 atom stereocenters. The maximum atomic E-state index is 12.0. The Balaban J connectivity index is 2.11. The monoisotopic (exact) mass is 388 g/mol. The number of anilines is 1. The van der Waals surface area contributed by atoms with Crippen LogP contribution in [0.3, 0.4) is 0 Å². The summed E-state index contributed by atoms with van der Waals surface area (Å²) in [5.41, 5.74) is 5.66. The molecule has 128 valence electrons. The van der Waals surface area contributed by atoms with E-state index in [1.807, 2.05) is 0 Å². The predicted octanol–water partition coefficient (Wildman–Crippen LogP) is 3.03. The largest absolute Gasteiger partial charge is 0.488 e. The Hall–Kier alpha value is -1.54. The summed E-state index contributed by atoms with van der Waals surface area (Å²) < 4.78 is 5.89. The molecule has 1 aromatic heterocycles. The molecule has 0 bridgehead atoms. The lowest BCUT2D eigenvalue weighted by molar-refractivity contribution is -0.117. The smallest absolute Gasteiger partial charge is 0.252 e. The SMILES string of the molecule is NC(=O)c1c(NC(=O)C2CC2)sc2c(Cl)c(OCCO)c(Cl)cc12. The van der Waals surface area contributed by atoms with Crippen LogP contribution in [0.1, 0.15) is 23.2 Å². The first-order valence-electron chi connectivity index (χ1n) is 7.22. The van der Waals surface area contributed by atoms with Gasteiger partial charge in [0.25, 0.3) is 5.91 Å². The summed E-state index contributed by atoms with van der Waals surface area (Å²) in [5, 5.41) is 12.9. The molecule has 0 spiro atoms. The number of aliphatic hydroxyl groups is 1. The predicted molar refractivity (Wildman–Crippen MR) is 94.3 cm³/mol. The van der Waals surface area contributed by atoms with E-state index in [9.17, 15) is 9.59 Å². The molecule has 1 saturated carbocycles. The number of nitrogens with two attached hydrogens (primary N) is 1. The van der Waals surface area contributed by atoms with Crippen LogP contribution < -0.4 is 15.8 Å². The van der Waals surface area contributed by atoms with Crippen LogP contribution in [-0.4, -0.2) is 30.1 Å². The van der Waals surface area contributed by atoms with Crippen molar-refractivity contribution in [2.75, 3.05) is 18.5 Å². The van der Waals surface area contributed by atoms with E-state index in [1.165, 1.54) is 6.07 Å². The molecule has 1 heterocycles. The maximum Gasteiger partial charge on any atom is 0.252 e. The second-order valence-corrected chi connectivity index (χ2v) is 7.19. The summed E-state index contributed by atoms with van der Waals surface area (Å²) >= 11 is 13.7. The summed E-state index contributed by atoms with van der Waals surface area (Å²) in [7, 11) is 0. The zero-order valence-electron chi connectivity index (χ0n) is 12.4. The minimum Gasteiger partial charge on any atom is -0.488 e. The first kappa shape index (κ1) is 17.3. The summed E-state index contributed by atoms with van der Waals surface area (Å²) in [4.78, 5) is 23.9. The molecule has 3 rings (SSSR count). The van der Waals surface area contributed by atoms with Gasteiger partial charge in [-0.05, 0) is 18.9 Å². The van der Waals surface area contributed by atoms with E-state index >= 15 is 0 Å². The van der Waals surface area contributed by atoms with E-state index < -0.39 is 5.91 Å². The van der Waals surface area contributed by atoms with Crippen molar-refractivity contribution in [1.82, 2.24) is 0 Å². The molecule has 0 aliphatic heterocycles.